The lowest BCUT2D eigenvalue weighted by atomic mass is 9.96. The van der Waals surface area contributed by atoms with Gasteiger partial charge in [0.25, 0.3) is 0 Å². The van der Waals surface area contributed by atoms with Gasteiger partial charge in [-0.05, 0) is 50.5 Å². The molecule has 2 aromatic heterocycles. The van der Waals surface area contributed by atoms with Crippen molar-refractivity contribution in [3.8, 4) is 11.1 Å². The Kier molecular flexibility index (Phi) is 5.38. The van der Waals surface area contributed by atoms with Crippen molar-refractivity contribution in [2.24, 2.45) is 0 Å². The molecule has 1 aliphatic rings. The lowest BCUT2D eigenvalue weighted by molar-refractivity contribution is 0.169. The van der Waals surface area contributed by atoms with Gasteiger partial charge in [0, 0.05) is 29.4 Å². The molecule has 0 amide bonds. The minimum atomic E-state index is -0.339. The van der Waals surface area contributed by atoms with E-state index in [2.05, 4.69) is 46.0 Å². The van der Waals surface area contributed by atoms with Crippen LogP contribution in [0.5, 0.6) is 0 Å². The molecule has 2 aromatic carbocycles. The maximum Gasteiger partial charge on any atom is 0.237 e. The summed E-state index contributed by atoms with van der Waals surface area (Å²) in [7, 11) is 0. The average Bonchev–Trinajstić information content (AvgIpc) is 3.53. The van der Waals surface area contributed by atoms with Crippen LogP contribution in [0.2, 0.25) is 0 Å². The van der Waals surface area contributed by atoms with Crippen molar-refractivity contribution in [3.63, 3.8) is 0 Å². The molecule has 1 unspecified atom stereocenters. The van der Waals surface area contributed by atoms with E-state index in [1.807, 2.05) is 57.0 Å². The summed E-state index contributed by atoms with van der Waals surface area (Å²) in [5.74, 6) is 1.37. The van der Waals surface area contributed by atoms with Crippen LogP contribution in [0.3, 0.4) is 0 Å². The van der Waals surface area contributed by atoms with Crippen LogP contribution in [-0.4, -0.2) is 10.3 Å². The topological polar surface area (TPSA) is 76.6 Å². The number of rotatable bonds is 6. The molecule has 4 aromatic rings. The highest BCUT2D eigenvalue weighted by Gasteiger charge is 2.29. The fourth-order valence-corrected chi connectivity index (χ4v) is 3.94. The fourth-order valence-electron chi connectivity index (χ4n) is 3.94. The Morgan fingerprint density at radius 2 is 1.67 bits per heavy atom. The van der Waals surface area contributed by atoms with Gasteiger partial charge in [-0.1, -0.05) is 52.8 Å². The third-order valence-corrected chi connectivity index (χ3v) is 6.14. The molecule has 5 rings (SSSR count). The highest BCUT2D eigenvalue weighted by atomic mass is 16.5. The summed E-state index contributed by atoms with van der Waals surface area (Å²) in [6.07, 6.45) is 3.22. The normalized spacial score (nSPS) is 15.2. The van der Waals surface area contributed by atoms with E-state index < -0.39 is 0 Å². The first-order valence-electron chi connectivity index (χ1n) is 10.9. The van der Waals surface area contributed by atoms with E-state index in [0.29, 0.717) is 18.3 Å². The van der Waals surface area contributed by atoms with Crippen LogP contribution in [-0.2, 0) is 11.3 Å². The Hall–Kier alpha value is -4.00. The number of hydrogen-bond acceptors (Lipinski definition) is 7. The molecule has 1 aliphatic heterocycles. The minimum absolute atomic E-state index is 0.339. The van der Waals surface area contributed by atoms with Gasteiger partial charge < -0.3 is 19.1 Å². The lowest BCUT2D eigenvalue weighted by Gasteiger charge is -2.23. The van der Waals surface area contributed by atoms with E-state index >= 15 is 0 Å². The van der Waals surface area contributed by atoms with Crippen molar-refractivity contribution in [1.29, 1.82) is 0 Å². The molecule has 0 spiro atoms. The Balaban J connectivity index is 1.50. The van der Waals surface area contributed by atoms with Gasteiger partial charge >= 0.3 is 0 Å². The molecule has 7 nitrogen and oxygen atoms in total. The molecule has 3 heterocycles. The lowest BCUT2D eigenvalue weighted by Crippen LogP contribution is -2.20. The van der Waals surface area contributed by atoms with Crippen molar-refractivity contribution in [1.82, 2.24) is 10.3 Å². The van der Waals surface area contributed by atoms with Crippen molar-refractivity contribution in [2.75, 3.05) is 10.2 Å². The van der Waals surface area contributed by atoms with Crippen molar-refractivity contribution < 1.29 is 13.8 Å². The number of ether oxygens (including phenoxy) is 1. The molecule has 0 saturated carbocycles. The number of anilines is 2. The van der Waals surface area contributed by atoms with Crippen LogP contribution in [0.4, 0.5) is 11.8 Å². The standard InChI is InChI=1S/C26H26N4O3/c1-16-18(3)28-32-24(16)27-15-22-14-21(10-11-23(22)20-8-6-5-7-9-20)26-30(12-13-31-26)25-17(2)19(4)29-33-25/h5-14,26-27H,15H2,1-4H3. The zero-order valence-electron chi connectivity index (χ0n) is 19.1. The quantitative estimate of drug-likeness (QED) is 0.382. The molecule has 0 radical (unpaired) electrons. The predicted octanol–water partition coefficient (Wildman–Crippen LogP) is 6.18. The Bertz CT molecular complexity index is 1310. The summed E-state index contributed by atoms with van der Waals surface area (Å²) in [4.78, 5) is 1.97. The number of benzene rings is 2. The van der Waals surface area contributed by atoms with Crippen molar-refractivity contribution in [3.05, 3.63) is 94.6 Å². The molecule has 0 aliphatic carbocycles. The van der Waals surface area contributed by atoms with Crippen LogP contribution in [0.25, 0.3) is 11.1 Å². The largest absolute Gasteiger partial charge is 0.472 e. The number of aryl methyl sites for hydroxylation is 2. The fraction of sp³-hybridized carbons (Fsp3) is 0.231. The van der Waals surface area contributed by atoms with E-state index in [1.165, 1.54) is 0 Å². The first-order valence-corrected chi connectivity index (χ1v) is 10.9. The maximum absolute atomic E-state index is 5.96. The Labute approximate surface area is 192 Å². The van der Waals surface area contributed by atoms with Gasteiger partial charge in [0.1, 0.15) is 6.26 Å². The molecule has 1 atom stereocenters. The van der Waals surface area contributed by atoms with Gasteiger partial charge in [-0.2, -0.15) is 0 Å². The van der Waals surface area contributed by atoms with Gasteiger partial charge in [0.15, 0.2) is 0 Å². The van der Waals surface area contributed by atoms with Crippen LogP contribution in [0.15, 0.2) is 70.0 Å². The molecular formula is C26H26N4O3. The van der Waals surface area contributed by atoms with E-state index in [9.17, 15) is 0 Å². The molecular weight excluding hydrogens is 416 g/mol. The summed E-state index contributed by atoms with van der Waals surface area (Å²) in [5, 5.41) is 11.6. The average molecular weight is 443 g/mol. The smallest absolute Gasteiger partial charge is 0.237 e. The minimum Gasteiger partial charge on any atom is -0.472 e. The highest BCUT2D eigenvalue weighted by molar-refractivity contribution is 5.68. The molecule has 0 saturated heterocycles. The zero-order chi connectivity index (χ0) is 22.9. The Morgan fingerprint density at radius 1 is 0.909 bits per heavy atom. The molecule has 168 valence electrons. The maximum atomic E-state index is 5.96. The predicted molar refractivity (Wildman–Crippen MR) is 127 cm³/mol. The van der Waals surface area contributed by atoms with E-state index in [-0.39, 0.29) is 6.23 Å². The molecule has 1 N–H and O–H groups in total. The van der Waals surface area contributed by atoms with E-state index in [0.717, 1.165) is 44.8 Å². The number of nitrogens with one attached hydrogen (secondary N) is 1. The van der Waals surface area contributed by atoms with Crippen LogP contribution in [0, 0.1) is 27.7 Å². The van der Waals surface area contributed by atoms with E-state index in [1.54, 1.807) is 6.26 Å². The van der Waals surface area contributed by atoms with Crippen LogP contribution >= 0.6 is 0 Å². The van der Waals surface area contributed by atoms with Gasteiger partial charge in [-0.3, -0.25) is 4.90 Å². The summed E-state index contributed by atoms with van der Waals surface area (Å²) in [6.45, 7) is 8.45. The molecule has 33 heavy (non-hydrogen) atoms. The second-order valence-corrected chi connectivity index (χ2v) is 8.24. The summed E-state index contributed by atoms with van der Waals surface area (Å²) in [5.41, 5.74) is 8.18. The molecule has 7 heteroatoms. The second-order valence-electron chi connectivity index (χ2n) is 8.24. The third kappa shape index (κ3) is 3.86. The SMILES string of the molecule is Cc1noc(NCc2cc(C3OC=CN3c3onc(C)c3C)ccc2-c2ccccc2)c1C. The second kappa shape index (κ2) is 8.50. The van der Waals surface area contributed by atoms with Gasteiger partial charge in [0.05, 0.1) is 11.4 Å². The highest BCUT2D eigenvalue weighted by Crippen LogP contribution is 2.37. The first kappa shape index (κ1) is 20.9. The summed E-state index contributed by atoms with van der Waals surface area (Å²) in [6, 6.07) is 16.7. The monoisotopic (exact) mass is 442 g/mol. The first-order chi connectivity index (χ1) is 16.0. The number of hydrogen-bond donors (Lipinski definition) is 1. The van der Waals surface area contributed by atoms with Crippen LogP contribution in [0.1, 0.15) is 39.9 Å². The van der Waals surface area contributed by atoms with Crippen molar-refractivity contribution >= 4 is 11.8 Å². The van der Waals surface area contributed by atoms with Crippen molar-refractivity contribution in [2.45, 2.75) is 40.5 Å². The van der Waals surface area contributed by atoms with E-state index in [4.69, 9.17) is 13.8 Å². The third-order valence-electron chi connectivity index (χ3n) is 6.14. The summed E-state index contributed by atoms with van der Waals surface area (Å²) < 4.78 is 17.0. The zero-order valence-corrected chi connectivity index (χ0v) is 19.1. The number of nitrogens with zero attached hydrogens (tertiary/aromatic N) is 3. The summed E-state index contributed by atoms with van der Waals surface area (Å²) >= 11 is 0. The van der Waals surface area contributed by atoms with Gasteiger partial charge in [-0.15, -0.1) is 0 Å². The van der Waals surface area contributed by atoms with Crippen LogP contribution < -0.4 is 10.2 Å². The molecule has 0 bridgehead atoms. The molecule has 0 fully saturated rings. The Morgan fingerprint density at radius 3 is 2.36 bits per heavy atom. The van der Waals surface area contributed by atoms with Gasteiger partial charge in [0.2, 0.25) is 18.0 Å². The van der Waals surface area contributed by atoms with Gasteiger partial charge in [-0.25, -0.2) is 0 Å². The number of aromatic nitrogens is 2.